The van der Waals surface area contributed by atoms with Gasteiger partial charge in [0, 0.05) is 11.6 Å². The third kappa shape index (κ3) is 4.74. The van der Waals surface area contributed by atoms with Crippen molar-refractivity contribution in [3.63, 3.8) is 0 Å². The highest BCUT2D eigenvalue weighted by Gasteiger charge is 2.28. The van der Waals surface area contributed by atoms with Crippen LogP contribution < -0.4 is 15.4 Å². The summed E-state index contributed by atoms with van der Waals surface area (Å²) in [5.74, 6) is 1.40. The average molecular weight is 361 g/mol. The molecule has 25 heavy (non-hydrogen) atoms. The highest BCUT2D eigenvalue weighted by Crippen LogP contribution is 2.23. The summed E-state index contributed by atoms with van der Waals surface area (Å²) in [5, 5.41) is 6.29. The van der Waals surface area contributed by atoms with E-state index in [9.17, 15) is 4.79 Å². The summed E-state index contributed by atoms with van der Waals surface area (Å²) in [7, 11) is 0. The summed E-state index contributed by atoms with van der Waals surface area (Å²) in [4.78, 5) is 12.4. The molecule has 0 aliphatic carbocycles. The molecule has 0 aromatic heterocycles. The molecule has 0 radical (unpaired) electrons. The molecule has 1 fully saturated rings. The first-order chi connectivity index (χ1) is 11.6. The van der Waals surface area contributed by atoms with Gasteiger partial charge in [0.1, 0.15) is 12.4 Å². The number of nitrogens with one attached hydrogen (secondary N) is 2. The zero-order chi connectivity index (χ0) is 16.9. The van der Waals surface area contributed by atoms with Gasteiger partial charge in [0.05, 0.1) is 0 Å². The first kappa shape index (κ1) is 19.3. The molecule has 2 N–H and O–H groups in total. The van der Waals surface area contributed by atoms with E-state index in [4.69, 9.17) is 4.74 Å². The van der Waals surface area contributed by atoms with Gasteiger partial charge >= 0.3 is 0 Å². The molecule has 5 heteroatoms. The van der Waals surface area contributed by atoms with E-state index < -0.39 is 0 Å². The number of carbonyl (C=O) groups is 1. The van der Waals surface area contributed by atoms with E-state index in [0.29, 0.717) is 12.5 Å². The van der Waals surface area contributed by atoms with Gasteiger partial charge in [-0.3, -0.25) is 4.79 Å². The van der Waals surface area contributed by atoms with Crippen molar-refractivity contribution in [3.05, 3.63) is 59.7 Å². The van der Waals surface area contributed by atoms with Crippen LogP contribution in [0.1, 0.15) is 18.1 Å². The standard InChI is InChI=1S/C20H24N2O2.ClH/c1-14-16(13-24-18-8-4-3-5-9-18)7-6-10-19(14)22-20(23)15(2)17-11-21-12-17;/h3-10,15,17,21H,11-13H2,1-2H3,(H,22,23);1H. The Morgan fingerprint density at radius 3 is 2.56 bits per heavy atom. The average Bonchev–Trinajstić information content (AvgIpc) is 2.55. The zero-order valence-electron chi connectivity index (χ0n) is 14.6. The Balaban J connectivity index is 0.00000225. The largest absolute Gasteiger partial charge is 0.489 e. The molecule has 1 unspecified atom stereocenters. The van der Waals surface area contributed by atoms with Crippen molar-refractivity contribution in [2.45, 2.75) is 20.5 Å². The van der Waals surface area contributed by atoms with Crippen LogP contribution in [0.3, 0.4) is 0 Å². The minimum Gasteiger partial charge on any atom is -0.489 e. The molecular weight excluding hydrogens is 336 g/mol. The minimum absolute atomic E-state index is 0. The van der Waals surface area contributed by atoms with Gasteiger partial charge in [-0.2, -0.15) is 0 Å². The second-order valence-corrected chi connectivity index (χ2v) is 6.39. The molecule has 1 aliphatic rings. The Morgan fingerprint density at radius 2 is 1.92 bits per heavy atom. The smallest absolute Gasteiger partial charge is 0.227 e. The van der Waals surface area contributed by atoms with E-state index in [0.717, 1.165) is 35.7 Å². The van der Waals surface area contributed by atoms with Gasteiger partial charge in [0.2, 0.25) is 5.91 Å². The Labute approximate surface area is 155 Å². The molecule has 1 saturated heterocycles. The lowest BCUT2D eigenvalue weighted by Gasteiger charge is -2.31. The molecule has 1 aliphatic heterocycles. The minimum atomic E-state index is 0. The Bertz CT molecular complexity index is 702. The van der Waals surface area contributed by atoms with Crippen molar-refractivity contribution in [1.29, 1.82) is 0 Å². The SMILES string of the molecule is Cc1c(COc2ccccc2)cccc1NC(=O)C(C)C1CNC1.Cl. The number of benzene rings is 2. The quantitative estimate of drug-likeness (QED) is 0.824. The monoisotopic (exact) mass is 360 g/mol. The lowest BCUT2D eigenvalue weighted by atomic mass is 9.88. The van der Waals surface area contributed by atoms with E-state index in [1.807, 2.05) is 62.4 Å². The number of amides is 1. The van der Waals surface area contributed by atoms with Crippen molar-refractivity contribution in [3.8, 4) is 5.75 Å². The summed E-state index contributed by atoms with van der Waals surface area (Å²) in [6.07, 6.45) is 0. The molecule has 1 atom stereocenters. The van der Waals surface area contributed by atoms with Gasteiger partial charge in [0.15, 0.2) is 0 Å². The van der Waals surface area contributed by atoms with Crippen LogP contribution in [-0.4, -0.2) is 19.0 Å². The number of rotatable bonds is 6. The first-order valence-corrected chi connectivity index (χ1v) is 8.43. The zero-order valence-corrected chi connectivity index (χ0v) is 15.4. The van der Waals surface area contributed by atoms with Crippen LogP contribution in [0, 0.1) is 18.8 Å². The lowest BCUT2D eigenvalue weighted by molar-refractivity contribution is -0.121. The lowest BCUT2D eigenvalue weighted by Crippen LogP contribution is -2.48. The molecule has 0 bridgehead atoms. The summed E-state index contributed by atoms with van der Waals surface area (Å²) in [5.41, 5.74) is 3.00. The third-order valence-corrected chi connectivity index (χ3v) is 4.78. The van der Waals surface area contributed by atoms with E-state index in [1.165, 1.54) is 0 Å². The first-order valence-electron chi connectivity index (χ1n) is 8.43. The molecule has 0 spiro atoms. The van der Waals surface area contributed by atoms with Gasteiger partial charge in [0.25, 0.3) is 0 Å². The fourth-order valence-corrected chi connectivity index (χ4v) is 2.78. The van der Waals surface area contributed by atoms with Crippen LogP contribution in [0.15, 0.2) is 48.5 Å². The summed E-state index contributed by atoms with van der Waals surface area (Å²) in [6.45, 7) is 6.37. The topological polar surface area (TPSA) is 50.4 Å². The molecule has 2 aromatic rings. The second kappa shape index (κ2) is 8.88. The molecule has 0 saturated carbocycles. The Morgan fingerprint density at radius 1 is 1.20 bits per heavy atom. The van der Waals surface area contributed by atoms with E-state index in [1.54, 1.807) is 0 Å². The van der Waals surface area contributed by atoms with Gasteiger partial charge < -0.3 is 15.4 Å². The predicted octanol–water partition coefficient (Wildman–Crippen LogP) is 3.79. The molecule has 134 valence electrons. The molecule has 3 rings (SSSR count). The van der Waals surface area contributed by atoms with Gasteiger partial charge in [-0.25, -0.2) is 0 Å². The van der Waals surface area contributed by atoms with Crippen molar-refractivity contribution >= 4 is 24.0 Å². The van der Waals surface area contributed by atoms with Crippen molar-refractivity contribution in [1.82, 2.24) is 5.32 Å². The molecule has 4 nitrogen and oxygen atoms in total. The maximum atomic E-state index is 12.4. The second-order valence-electron chi connectivity index (χ2n) is 6.39. The third-order valence-electron chi connectivity index (χ3n) is 4.78. The fraction of sp³-hybridized carbons (Fsp3) is 0.350. The highest BCUT2D eigenvalue weighted by molar-refractivity contribution is 5.93. The fourth-order valence-electron chi connectivity index (χ4n) is 2.78. The van der Waals surface area contributed by atoms with Crippen LogP contribution in [0.2, 0.25) is 0 Å². The number of anilines is 1. The predicted molar refractivity (Wildman–Crippen MR) is 103 cm³/mol. The highest BCUT2D eigenvalue weighted by atomic mass is 35.5. The van der Waals surface area contributed by atoms with Crippen LogP contribution in [0.25, 0.3) is 0 Å². The number of para-hydroxylation sites is 1. The number of ether oxygens (including phenoxy) is 1. The molecule has 1 amide bonds. The Hall–Kier alpha value is -2.04. The normalized spacial score (nSPS) is 14.8. The molecule has 1 heterocycles. The van der Waals surface area contributed by atoms with E-state index in [-0.39, 0.29) is 24.2 Å². The van der Waals surface area contributed by atoms with Crippen LogP contribution in [-0.2, 0) is 11.4 Å². The van der Waals surface area contributed by atoms with Crippen LogP contribution >= 0.6 is 12.4 Å². The summed E-state index contributed by atoms with van der Waals surface area (Å²) in [6, 6.07) is 15.7. The maximum Gasteiger partial charge on any atom is 0.227 e. The molecular formula is C20H25ClN2O2. The number of halogens is 1. The van der Waals surface area contributed by atoms with Crippen LogP contribution in [0.4, 0.5) is 5.69 Å². The summed E-state index contributed by atoms with van der Waals surface area (Å²) >= 11 is 0. The summed E-state index contributed by atoms with van der Waals surface area (Å²) < 4.78 is 5.82. The maximum absolute atomic E-state index is 12.4. The van der Waals surface area contributed by atoms with Crippen molar-refractivity contribution in [2.24, 2.45) is 11.8 Å². The van der Waals surface area contributed by atoms with Crippen molar-refractivity contribution < 1.29 is 9.53 Å². The van der Waals surface area contributed by atoms with E-state index in [2.05, 4.69) is 10.6 Å². The van der Waals surface area contributed by atoms with Crippen LogP contribution in [0.5, 0.6) is 5.75 Å². The molecule has 2 aromatic carbocycles. The number of hydrogen-bond acceptors (Lipinski definition) is 3. The number of hydrogen-bond donors (Lipinski definition) is 2. The van der Waals surface area contributed by atoms with Gasteiger partial charge in [-0.15, -0.1) is 12.4 Å². The Kier molecular flexibility index (Phi) is 6.85. The van der Waals surface area contributed by atoms with Gasteiger partial charge in [-0.05, 0) is 55.3 Å². The van der Waals surface area contributed by atoms with E-state index >= 15 is 0 Å². The van der Waals surface area contributed by atoms with Gasteiger partial charge in [-0.1, -0.05) is 37.3 Å². The number of carbonyl (C=O) groups excluding carboxylic acids is 1. The van der Waals surface area contributed by atoms with Crippen molar-refractivity contribution in [2.75, 3.05) is 18.4 Å².